The first-order valence-corrected chi connectivity index (χ1v) is 10.9. The lowest BCUT2D eigenvalue weighted by Crippen LogP contribution is -2.08. The van der Waals surface area contributed by atoms with E-state index in [2.05, 4.69) is 20.9 Å². The van der Waals surface area contributed by atoms with Crippen LogP contribution in [0.25, 0.3) is 21.7 Å². The van der Waals surface area contributed by atoms with E-state index in [-0.39, 0.29) is 21.5 Å². The minimum absolute atomic E-state index is 0.122. The highest BCUT2D eigenvalue weighted by Crippen LogP contribution is 2.47. The van der Waals surface area contributed by atoms with Crippen LogP contribution in [0.1, 0.15) is 18.2 Å². The Labute approximate surface area is 196 Å². The summed E-state index contributed by atoms with van der Waals surface area (Å²) in [5.74, 6) is 0.823. The standard InChI is InChI=1S/C23H16BrCl2NO4/c1-3-15-11(2)21(31-23(28)29)18-16(27-15)10-14(25)22(20(18)26)30-17-9-8-12-6-4-5-7-13(12)19(17)24/h4-10H,3H2,1-2H3,(H,28,29). The van der Waals surface area contributed by atoms with Crippen molar-refractivity contribution in [1.29, 1.82) is 0 Å². The maximum absolute atomic E-state index is 11.3. The van der Waals surface area contributed by atoms with Crippen molar-refractivity contribution in [3.8, 4) is 17.2 Å². The van der Waals surface area contributed by atoms with Crippen LogP contribution in [0.2, 0.25) is 10.0 Å². The molecule has 4 aromatic rings. The van der Waals surface area contributed by atoms with Crippen LogP contribution in [0.4, 0.5) is 4.79 Å². The molecule has 0 unspecified atom stereocenters. The maximum Gasteiger partial charge on any atom is 0.511 e. The minimum atomic E-state index is -1.44. The molecule has 5 nitrogen and oxygen atoms in total. The summed E-state index contributed by atoms with van der Waals surface area (Å²) in [7, 11) is 0. The van der Waals surface area contributed by atoms with Gasteiger partial charge in [0.2, 0.25) is 0 Å². The number of hydrogen-bond donors (Lipinski definition) is 1. The van der Waals surface area contributed by atoms with E-state index in [1.807, 2.05) is 43.3 Å². The van der Waals surface area contributed by atoms with Gasteiger partial charge in [0.05, 0.1) is 25.4 Å². The van der Waals surface area contributed by atoms with E-state index < -0.39 is 6.16 Å². The van der Waals surface area contributed by atoms with Gasteiger partial charge in [-0.25, -0.2) is 4.79 Å². The largest absolute Gasteiger partial charge is 0.511 e. The highest BCUT2D eigenvalue weighted by atomic mass is 79.9. The van der Waals surface area contributed by atoms with Gasteiger partial charge in [0.1, 0.15) is 11.5 Å². The second-order valence-corrected chi connectivity index (χ2v) is 8.41. The van der Waals surface area contributed by atoms with E-state index in [9.17, 15) is 9.90 Å². The lowest BCUT2D eigenvalue weighted by atomic mass is 10.1. The molecule has 8 heteroatoms. The zero-order valence-electron chi connectivity index (χ0n) is 16.5. The van der Waals surface area contributed by atoms with Gasteiger partial charge < -0.3 is 14.6 Å². The van der Waals surface area contributed by atoms with E-state index >= 15 is 0 Å². The third-order valence-electron chi connectivity index (χ3n) is 4.98. The summed E-state index contributed by atoms with van der Waals surface area (Å²) in [5, 5.41) is 12.0. The molecule has 3 aromatic carbocycles. The highest BCUT2D eigenvalue weighted by Gasteiger charge is 2.23. The molecule has 0 atom stereocenters. The lowest BCUT2D eigenvalue weighted by molar-refractivity contribution is 0.144. The predicted molar refractivity (Wildman–Crippen MR) is 126 cm³/mol. The third kappa shape index (κ3) is 3.91. The van der Waals surface area contributed by atoms with Gasteiger partial charge in [0, 0.05) is 11.3 Å². The van der Waals surface area contributed by atoms with Crippen LogP contribution in [-0.2, 0) is 6.42 Å². The van der Waals surface area contributed by atoms with Crippen molar-refractivity contribution in [2.45, 2.75) is 20.3 Å². The Bertz CT molecular complexity index is 1360. The lowest BCUT2D eigenvalue weighted by Gasteiger charge is -2.17. The van der Waals surface area contributed by atoms with E-state index in [0.29, 0.717) is 34.3 Å². The average Bonchev–Trinajstić information content (AvgIpc) is 2.74. The number of nitrogens with zero attached hydrogens (tertiary/aromatic N) is 1. The van der Waals surface area contributed by atoms with E-state index in [4.69, 9.17) is 32.7 Å². The molecule has 0 aliphatic heterocycles. The summed E-state index contributed by atoms with van der Waals surface area (Å²) >= 11 is 16.8. The van der Waals surface area contributed by atoms with Crippen molar-refractivity contribution in [2.75, 3.05) is 0 Å². The van der Waals surface area contributed by atoms with E-state index in [0.717, 1.165) is 15.2 Å². The molecule has 158 valence electrons. The first-order chi connectivity index (χ1) is 14.8. The van der Waals surface area contributed by atoms with Gasteiger partial charge in [0.15, 0.2) is 5.75 Å². The second kappa shape index (κ2) is 8.54. The predicted octanol–water partition coefficient (Wildman–Crippen LogP) is 8.18. The molecule has 0 radical (unpaired) electrons. The van der Waals surface area contributed by atoms with Crippen molar-refractivity contribution >= 4 is 67.0 Å². The molecule has 4 rings (SSSR count). The molecule has 0 saturated carbocycles. The Kier molecular flexibility index (Phi) is 5.97. The number of ether oxygens (including phenoxy) is 2. The number of aryl methyl sites for hydroxylation is 1. The molecule has 0 bridgehead atoms. The zero-order valence-corrected chi connectivity index (χ0v) is 19.6. The number of halogens is 3. The monoisotopic (exact) mass is 519 g/mol. The van der Waals surface area contributed by atoms with Gasteiger partial charge in [0.25, 0.3) is 0 Å². The molecule has 31 heavy (non-hydrogen) atoms. The van der Waals surface area contributed by atoms with Crippen molar-refractivity contribution < 1.29 is 19.4 Å². The summed E-state index contributed by atoms with van der Waals surface area (Å²) in [6.45, 7) is 3.67. The van der Waals surface area contributed by atoms with Gasteiger partial charge in [-0.1, -0.05) is 60.5 Å². The second-order valence-electron chi connectivity index (χ2n) is 6.83. The molecule has 0 aliphatic rings. The van der Waals surface area contributed by atoms with Gasteiger partial charge in [-0.15, -0.1) is 0 Å². The van der Waals surface area contributed by atoms with Crippen LogP contribution in [-0.4, -0.2) is 16.2 Å². The molecule has 1 aromatic heterocycles. The van der Waals surface area contributed by atoms with E-state index in [1.54, 1.807) is 13.0 Å². The summed E-state index contributed by atoms with van der Waals surface area (Å²) in [5.41, 5.74) is 1.72. The van der Waals surface area contributed by atoms with Gasteiger partial charge >= 0.3 is 6.16 Å². The number of aromatic nitrogens is 1. The number of carboxylic acid groups (broad SMARTS) is 1. The molecule has 1 N–H and O–H groups in total. The molecular formula is C23H16BrCl2NO4. The first-order valence-electron chi connectivity index (χ1n) is 9.38. The summed E-state index contributed by atoms with van der Waals surface area (Å²) in [4.78, 5) is 15.9. The third-order valence-corrected chi connectivity index (χ3v) is 6.43. The Morgan fingerprint density at radius 3 is 2.61 bits per heavy atom. The van der Waals surface area contributed by atoms with Crippen LogP contribution in [0.5, 0.6) is 17.2 Å². The number of carbonyl (C=O) groups is 1. The number of rotatable bonds is 4. The first kappa shape index (κ1) is 21.7. The molecule has 0 amide bonds. The fourth-order valence-electron chi connectivity index (χ4n) is 3.50. The number of benzene rings is 3. The fraction of sp³-hybridized carbons (Fsp3) is 0.130. The molecular weight excluding hydrogens is 505 g/mol. The van der Waals surface area contributed by atoms with Crippen LogP contribution >= 0.6 is 39.1 Å². The van der Waals surface area contributed by atoms with Gasteiger partial charge in [-0.3, -0.25) is 4.98 Å². The van der Waals surface area contributed by atoms with Crippen molar-refractivity contribution in [3.05, 3.63) is 68.2 Å². The Morgan fingerprint density at radius 2 is 1.90 bits per heavy atom. The molecule has 0 spiro atoms. The SMILES string of the molecule is CCc1nc2cc(Cl)c(Oc3ccc4ccccc4c3Br)c(Cl)c2c(OC(=O)O)c1C. The summed E-state index contributed by atoms with van der Waals surface area (Å²) in [6, 6.07) is 13.2. The molecule has 0 aliphatic carbocycles. The summed E-state index contributed by atoms with van der Waals surface area (Å²) in [6.07, 6.45) is -0.849. The van der Waals surface area contributed by atoms with E-state index in [1.165, 1.54) is 0 Å². The van der Waals surface area contributed by atoms with Crippen molar-refractivity contribution in [3.63, 3.8) is 0 Å². The maximum atomic E-state index is 11.3. The zero-order chi connectivity index (χ0) is 22.3. The van der Waals surface area contributed by atoms with Gasteiger partial charge in [-0.05, 0) is 52.2 Å². The molecule has 1 heterocycles. The van der Waals surface area contributed by atoms with Gasteiger partial charge in [-0.2, -0.15) is 0 Å². The van der Waals surface area contributed by atoms with Crippen LogP contribution in [0.15, 0.2) is 46.9 Å². The smallest absolute Gasteiger partial charge is 0.453 e. The Morgan fingerprint density at radius 1 is 1.16 bits per heavy atom. The number of fused-ring (bicyclic) bond motifs is 2. The molecule has 0 fully saturated rings. The topological polar surface area (TPSA) is 68.7 Å². The van der Waals surface area contributed by atoms with Crippen LogP contribution in [0.3, 0.4) is 0 Å². The van der Waals surface area contributed by atoms with Crippen LogP contribution in [0, 0.1) is 6.92 Å². The highest BCUT2D eigenvalue weighted by molar-refractivity contribution is 9.10. The number of pyridine rings is 1. The normalized spacial score (nSPS) is 11.1. The minimum Gasteiger partial charge on any atom is -0.453 e. The fourth-order valence-corrected chi connectivity index (χ4v) is 4.68. The summed E-state index contributed by atoms with van der Waals surface area (Å²) < 4.78 is 11.9. The van der Waals surface area contributed by atoms with Crippen LogP contribution < -0.4 is 9.47 Å². The Hall–Kier alpha value is -2.54. The van der Waals surface area contributed by atoms with Crippen molar-refractivity contribution in [2.24, 2.45) is 0 Å². The molecule has 0 saturated heterocycles. The van der Waals surface area contributed by atoms with Crippen molar-refractivity contribution in [1.82, 2.24) is 4.98 Å². The average molecular weight is 521 g/mol. The number of hydrogen-bond acceptors (Lipinski definition) is 4. The quantitative estimate of drug-likeness (QED) is 0.275. The Balaban J connectivity index is 1.93.